The molecule has 0 radical (unpaired) electrons. The standard InChI is InChI=1S/C26H32N4O2S/c1-18-10-8-9-13-22(18)30-24(20-14-16-21(32-4)17-15-20)27-28-26(30)33-23(25(31)29(2)3)19-11-6-5-7-12-19/h5-7,11-12,14-18,22-23H,8-10,13H2,1-4H3/t18-,22+,23-/m0/s1. The first-order valence-corrected chi connectivity index (χ1v) is 12.4. The van der Waals surface area contributed by atoms with Crippen LogP contribution in [0, 0.1) is 5.92 Å². The Morgan fingerprint density at radius 3 is 2.39 bits per heavy atom. The van der Waals surface area contributed by atoms with Crippen LogP contribution in [0.4, 0.5) is 0 Å². The first-order valence-electron chi connectivity index (χ1n) is 11.5. The minimum absolute atomic E-state index is 0.0449. The number of aromatic nitrogens is 3. The molecule has 1 heterocycles. The van der Waals surface area contributed by atoms with Gasteiger partial charge in [0.1, 0.15) is 11.0 Å². The van der Waals surface area contributed by atoms with E-state index in [1.807, 2.05) is 54.6 Å². The molecule has 0 bridgehead atoms. The molecule has 0 N–H and O–H groups in total. The highest BCUT2D eigenvalue weighted by Crippen LogP contribution is 2.43. The van der Waals surface area contributed by atoms with Crippen molar-refractivity contribution in [1.29, 1.82) is 0 Å². The monoisotopic (exact) mass is 464 g/mol. The van der Waals surface area contributed by atoms with Crippen molar-refractivity contribution >= 4 is 17.7 Å². The molecule has 4 rings (SSSR count). The van der Waals surface area contributed by atoms with Gasteiger partial charge >= 0.3 is 0 Å². The molecule has 1 fully saturated rings. The van der Waals surface area contributed by atoms with E-state index in [4.69, 9.17) is 4.74 Å². The summed E-state index contributed by atoms with van der Waals surface area (Å²) in [6, 6.07) is 18.2. The summed E-state index contributed by atoms with van der Waals surface area (Å²) in [5.41, 5.74) is 1.97. The van der Waals surface area contributed by atoms with Crippen molar-refractivity contribution in [1.82, 2.24) is 19.7 Å². The second-order valence-electron chi connectivity index (χ2n) is 8.88. The van der Waals surface area contributed by atoms with Crippen molar-refractivity contribution < 1.29 is 9.53 Å². The number of rotatable bonds is 7. The number of methoxy groups -OCH3 is 1. The highest BCUT2D eigenvalue weighted by Gasteiger charge is 2.32. The van der Waals surface area contributed by atoms with Crippen LogP contribution in [-0.2, 0) is 4.79 Å². The van der Waals surface area contributed by atoms with Crippen LogP contribution in [0.2, 0.25) is 0 Å². The third kappa shape index (κ3) is 5.08. The number of carbonyl (C=O) groups excluding carboxylic acids is 1. The van der Waals surface area contributed by atoms with E-state index in [-0.39, 0.29) is 11.2 Å². The smallest absolute Gasteiger partial charge is 0.240 e. The number of hydrogen-bond acceptors (Lipinski definition) is 5. The number of carbonyl (C=O) groups is 1. The third-order valence-corrected chi connectivity index (χ3v) is 7.60. The molecule has 1 aliphatic rings. The van der Waals surface area contributed by atoms with E-state index in [9.17, 15) is 4.79 Å². The first kappa shape index (κ1) is 23.4. The SMILES string of the molecule is COc1ccc(-c2nnc(S[C@H](C(=O)N(C)C)c3ccccc3)n2[C@@H]2CCCC[C@@H]2C)cc1. The summed E-state index contributed by atoms with van der Waals surface area (Å²) >= 11 is 1.50. The fraction of sp³-hybridized carbons (Fsp3) is 0.423. The van der Waals surface area contributed by atoms with Crippen molar-refractivity contribution in [3.05, 3.63) is 60.2 Å². The summed E-state index contributed by atoms with van der Waals surface area (Å²) in [5.74, 6) is 2.23. The Hall–Kier alpha value is -2.80. The highest BCUT2D eigenvalue weighted by molar-refractivity contribution is 8.00. The number of benzene rings is 2. The molecule has 1 aromatic heterocycles. The number of likely N-dealkylation sites (N-methyl/N-ethyl adjacent to an activating group) is 1. The quantitative estimate of drug-likeness (QED) is 0.424. The summed E-state index contributed by atoms with van der Waals surface area (Å²) in [6.45, 7) is 2.32. The van der Waals surface area contributed by atoms with E-state index in [0.717, 1.165) is 34.3 Å². The van der Waals surface area contributed by atoms with Gasteiger partial charge in [-0.1, -0.05) is 61.9 Å². The second-order valence-corrected chi connectivity index (χ2v) is 9.95. The van der Waals surface area contributed by atoms with E-state index in [0.29, 0.717) is 12.0 Å². The Morgan fingerprint density at radius 2 is 1.76 bits per heavy atom. The Morgan fingerprint density at radius 1 is 1.06 bits per heavy atom. The van der Waals surface area contributed by atoms with Crippen molar-refractivity contribution in [2.24, 2.45) is 5.92 Å². The van der Waals surface area contributed by atoms with Gasteiger partial charge in [-0.15, -0.1) is 10.2 Å². The summed E-state index contributed by atoms with van der Waals surface area (Å²) in [7, 11) is 5.27. The average molecular weight is 465 g/mol. The molecule has 1 aliphatic carbocycles. The zero-order valence-electron chi connectivity index (χ0n) is 19.8. The molecule has 6 nitrogen and oxygen atoms in total. The summed E-state index contributed by atoms with van der Waals surface area (Å²) < 4.78 is 7.62. The number of nitrogens with zero attached hydrogens (tertiary/aromatic N) is 4. The first-order chi connectivity index (χ1) is 16.0. The zero-order chi connectivity index (χ0) is 23.4. The molecule has 0 spiro atoms. The molecular weight excluding hydrogens is 432 g/mol. The molecule has 0 aliphatic heterocycles. The number of ether oxygens (including phenoxy) is 1. The number of hydrogen-bond donors (Lipinski definition) is 0. The maximum atomic E-state index is 13.2. The van der Waals surface area contributed by atoms with Crippen LogP contribution < -0.4 is 4.74 Å². The molecule has 7 heteroatoms. The predicted molar refractivity (Wildman–Crippen MR) is 132 cm³/mol. The number of thioether (sulfide) groups is 1. The van der Waals surface area contributed by atoms with Gasteiger partial charge in [0, 0.05) is 25.7 Å². The maximum Gasteiger partial charge on any atom is 0.240 e. The lowest BCUT2D eigenvalue weighted by molar-refractivity contribution is -0.128. The van der Waals surface area contributed by atoms with E-state index >= 15 is 0 Å². The predicted octanol–water partition coefficient (Wildman–Crippen LogP) is 5.63. The molecular formula is C26H32N4O2S. The van der Waals surface area contributed by atoms with Gasteiger partial charge in [0.15, 0.2) is 11.0 Å². The molecule has 2 aromatic carbocycles. The fourth-order valence-electron chi connectivity index (χ4n) is 4.50. The molecule has 33 heavy (non-hydrogen) atoms. The van der Waals surface area contributed by atoms with Gasteiger partial charge in [0.25, 0.3) is 0 Å². The molecule has 1 amide bonds. The van der Waals surface area contributed by atoms with Crippen LogP contribution in [0.15, 0.2) is 59.8 Å². The second kappa shape index (κ2) is 10.4. The zero-order valence-corrected chi connectivity index (χ0v) is 20.6. The molecule has 3 aromatic rings. The molecule has 174 valence electrons. The Bertz CT molecular complexity index is 1070. The lowest BCUT2D eigenvalue weighted by Crippen LogP contribution is -2.27. The van der Waals surface area contributed by atoms with E-state index < -0.39 is 0 Å². The van der Waals surface area contributed by atoms with Gasteiger partial charge in [-0.3, -0.25) is 9.36 Å². The molecule has 0 unspecified atom stereocenters. The van der Waals surface area contributed by atoms with Crippen LogP contribution in [-0.4, -0.2) is 46.8 Å². The normalized spacial score (nSPS) is 19.2. The van der Waals surface area contributed by atoms with Crippen LogP contribution in [0.3, 0.4) is 0 Å². The van der Waals surface area contributed by atoms with Crippen molar-refractivity contribution in [3.8, 4) is 17.1 Å². The lowest BCUT2D eigenvalue weighted by atomic mass is 9.85. The van der Waals surface area contributed by atoms with Gasteiger partial charge in [0.05, 0.1) is 7.11 Å². The van der Waals surface area contributed by atoms with Crippen LogP contribution in [0.25, 0.3) is 11.4 Å². The minimum Gasteiger partial charge on any atom is -0.497 e. The highest BCUT2D eigenvalue weighted by atomic mass is 32.2. The van der Waals surface area contributed by atoms with Crippen molar-refractivity contribution in [2.75, 3.05) is 21.2 Å². The van der Waals surface area contributed by atoms with Crippen molar-refractivity contribution in [3.63, 3.8) is 0 Å². The Balaban J connectivity index is 1.78. The summed E-state index contributed by atoms with van der Waals surface area (Å²) in [4.78, 5) is 14.8. The molecule has 1 saturated carbocycles. The summed E-state index contributed by atoms with van der Waals surface area (Å²) in [6.07, 6.45) is 4.73. The van der Waals surface area contributed by atoms with Crippen molar-refractivity contribution in [2.45, 2.75) is 49.1 Å². The van der Waals surface area contributed by atoms with Crippen LogP contribution >= 0.6 is 11.8 Å². The van der Waals surface area contributed by atoms with Gasteiger partial charge in [-0.2, -0.15) is 0 Å². The van der Waals surface area contributed by atoms with Gasteiger partial charge < -0.3 is 9.64 Å². The number of amides is 1. The maximum absolute atomic E-state index is 13.2. The average Bonchev–Trinajstić information content (AvgIpc) is 3.26. The minimum atomic E-state index is -0.383. The van der Waals surface area contributed by atoms with E-state index in [1.54, 1.807) is 26.1 Å². The molecule has 0 saturated heterocycles. The van der Waals surface area contributed by atoms with Crippen LogP contribution in [0.1, 0.15) is 49.5 Å². The topological polar surface area (TPSA) is 60.3 Å². The Kier molecular flexibility index (Phi) is 7.38. The lowest BCUT2D eigenvalue weighted by Gasteiger charge is -2.32. The molecule has 3 atom stereocenters. The van der Waals surface area contributed by atoms with Gasteiger partial charge in [-0.05, 0) is 48.6 Å². The van der Waals surface area contributed by atoms with Gasteiger partial charge in [-0.25, -0.2) is 0 Å². The van der Waals surface area contributed by atoms with E-state index in [1.165, 1.54) is 31.0 Å². The summed E-state index contributed by atoms with van der Waals surface area (Å²) in [5, 5.41) is 9.67. The van der Waals surface area contributed by atoms with Crippen LogP contribution in [0.5, 0.6) is 5.75 Å². The Labute approximate surface area is 200 Å². The fourth-order valence-corrected chi connectivity index (χ4v) is 5.74. The van der Waals surface area contributed by atoms with Gasteiger partial charge in [0.2, 0.25) is 5.91 Å². The largest absolute Gasteiger partial charge is 0.497 e. The van der Waals surface area contributed by atoms with E-state index in [2.05, 4.69) is 21.7 Å². The third-order valence-electron chi connectivity index (χ3n) is 6.40.